The van der Waals surface area contributed by atoms with Gasteiger partial charge in [0.05, 0.1) is 19.2 Å². The highest BCUT2D eigenvalue weighted by atomic mass is 16.4. The highest BCUT2D eigenvalue weighted by Gasteiger charge is 2.38. The number of carbonyl (C=O) groups excluding carboxylic acids is 5. The fourth-order valence-corrected chi connectivity index (χ4v) is 3.99. The maximum absolute atomic E-state index is 13.1. The lowest BCUT2D eigenvalue weighted by atomic mass is 9.99. The van der Waals surface area contributed by atoms with Crippen LogP contribution in [0.3, 0.4) is 0 Å². The van der Waals surface area contributed by atoms with Crippen LogP contribution in [0.5, 0.6) is 0 Å². The van der Waals surface area contributed by atoms with Gasteiger partial charge < -0.3 is 42.1 Å². The summed E-state index contributed by atoms with van der Waals surface area (Å²) in [6.45, 7) is 5.82. The molecule has 5 atom stereocenters. The van der Waals surface area contributed by atoms with Crippen molar-refractivity contribution in [3.63, 3.8) is 0 Å². The Balaban J connectivity index is 2.82. The molecule has 0 aliphatic carbocycles. The quantitative estimate of drug-likeness (QED) is 0.118. The number of aliphatic carboxylic acids is 1. The van der Waals surface area contributed by atoms with Gasteiger partial charge >= 0.3 is 5.97 Å². The molecule has 1 aliphatic heterocycles. The first kappa shape index (κ1) is 32.8. The largest absolute Gasteiger partial charge is 0.480 e. The van der Waals surface area contributed by atoms with E-state index < -0.39 is 79.4 Å². The van der Waals surface area contributed by atoms with Crippen LogP contribution in [-0.2, 0) is 28.8 Å². The molecule has 216 valence electrons. The molecule has 14 heteroatoms. The van der Waals surface area contributed by atoms with Gasteiger partial charge in [-0.25, -0.2) is 0 Å². The minimum atomic E-state index is -1.38. The Morgan fingerprint density at radius 3 is 2.18 bits per heavy atom. The number of carboxylic acids is 1. The summed E-state index contributed by atoms with van der Waals surface area (Å²) in [5.74, 6) is -4.50. The number of aliphatic hydroxyl groups excluding tert-OH is 1. The number of carboxylic acid groups (broad SMARTS) is 1. The van der Waals surface area contributed by atoms with Crippen molar-refractivity contribution in [2.24, 2.45) is 17.6 Å². The maximum Gasteiger partial charge on any atom is 0.322 e. The van der Waals surface area contributed by atoms with Gasteiger partial charge in [-0.1, -0.05) is 34.1 Å². The first-order valence-corrected chi connectivity index (χ1v) is 12.9. The molecule has 5 amide bonds. The van der Waals surface area contributed by atoms with Crippen LogP contribution in [0.2, 0.25) is 0 Å². The monoisotopic (exact) mass is 542 g/mol. The number of amides is 5. The summed E-state index contributed by atoms with van der Waals surface area (Å²) in [5.41, 5.74) is 5.86. The number of likely N-dealkylation sites (tertiary alicyclic amines) is 1. The number of hydrogen-bond donors (Lipinski definition) is 7. The Hall–Kier alpha value is -3.26. The van der Waals surface area contributed by atoms with E-state index in [1.807, 2.05) is 27.7 Å². The van der Waals surface area contributed by atoms with Gasteiger partial charge in [-0.2, -0.15) is 0 Å². The molecule has 0 aromatic carbocycles. The van der Waals surface area contributed by atoms with Crippen LogP contribution in [0.15, 0.2) is 0 Å². The van der Waals surface area contributed by atoms with Crippen LogP contribution < -0.4 is 27.0 Å². The lowest BCUT2D eigenvalue weighted by Crippen LogP contribution is -2.58. The van der Waals surface area contributed by atoms with Gasteiger partial charge in [-0.05, 0) is 31.1 Å². The Morgan fingerprint density at radius 2 is 1.63 bits per heavy atom. The number of nitrogens with one attached hydrogen (secondary N) is 4. The third-order valence-electron chi connectivity index (χ3n) is 6.39. The molecular weight excluding hydrogens is 500 g/mol. The second-order valence-electron chi connectivity index (χ2n) is 9.92. The average Bonchev–Trinajstić information content (AvgIpc) is 3.36. The van der Waals surface area contributed by atoms with Crippen LogP contribution in [-0.4, -0.2) is 101 Å². The van der Waals surface area contributed by atoms with Crippen molar-refractivity contribution in [2.45, 2.75) is 77.5 Å². The van der Waals surface area contributed by atoms with Crippen LogP contribution in [0.4, 0.5) is 0 Å². The Bertz CT molecular complexity index is 867. The molecule has 0 radical (unpaired) electrons. The van der Waals surface area contributed by atoms with Gasteiger partial charge in [0, 0.05) is 6.54 Å². The zero-order chi connectivity index (χ0) is 29.0. The third kappa shape index (κ3) is 10.2. The van der Waals surface area contributed by atoms with Crippen molar-refractivity contribution >= 4 is 35.5 Å². The summed E-state index contributed by atoms with van der Waals surface area (Å²) in [5, 5.41) is 28.3. The van der Waals surface area contributed by atoms with Crippen molar-refractivity contribution in [1.29, 1.82) is 0 Å². The zero-order valence-electron chi connectivity index (χ0n) is 22.5. The zero-order valence-corrected chi connectivity index (χ0v) is 22.5. The van der Waals surface area contributed by atoms with Crippen LogP contribution >= 0.6 is 0 Å². The molecule has 0 aromatic heterocycles. The third-order valence-corrected chi connectivity index (χ3v) is 6.39. The van der Waals surface area contributed by atoms with Gasteiger partial charge in [-0.3, -0.25) is 28.8 Å². The second kappa shape index (κ2) is 15.9. The van der Waals surface area contributed by atoms with Crippen molar-refractivity contribution in [2.75, 3.05) is 26.2 Å². The summed E-state index contributed by atoms with van der Waals surface area (Å²) < 4.78 is 0. The van der Waals surface area contributed by atoms with E-state index in [0.717, 1.165) is 0 Å². The number of aliphatic hydroxyl groups is 1. The molecule has 38 heavy (non-hydrogen) atoms. The summed E-state index contributed by atoms with van der Waals surface area (Å²) >= 11 is 0. The van der Waals surface area contributed by atoms with Crippen LogP contribution in [0, 0.1) is 11.8 Å². The van der Waals surface area contributed by atoms with Gasteiger partial charge in [0.25, 0.3) is 0 Å². The predicted molar refractivity (Wildman–Crippen MR) is 136 cm³/mol. The smallest absolute Gasteiger partial charge is 0.322 e. The van der Waals surface area contributed by atoms with E-state index in [9.17, 15) is 33.9 Å². The van der Waals surface area contributed by atoms with Gasteiger partial charge in [0.2, 0.25) is 29.5 Å². The molecule has 0 bridgehead atoms. The fraction of sp³-hybridized carbons (Fsp3) is 0.750. The molecular formula is C24H42N6O8. The first-order chi connectivity index (χ1) is 17.8. The van der Waals surface area contributed by atoms with Crippen LogP contribution in [0.25, 0.3) is 0 Å². The van der Waals surface area contributed by atoms with Crippen LogP contribution in [0.1, 0.15) is 53.4 Å². The molecule has 1 heterocycles. The molecule has 1 fully saturated rings. The molecule has 0 unspecified atom stereocenters. The molecule has 0 spiro atoms. The highest BCUT2D eigenvalue weighted by Crippen LogP contribution is 2.19. The molecule has 0 aromatic rings. The SMILES string of the molecule is CC[C@H](C)[C@H](N)C(=O)NCC(=O)N[C@@H](CC(C)C)C(=O)N[C@@H](CO)C(=O)N1CCC[C@H]1C(=O)NCC(=O)O. The van der Waals surface area contributed by atoms with Gasteiger partial charge in [0.15, 0.2) is 0 Å². The van der Waals surface area contributed by atoms with Gasteiger partial charge in [-0.15, -0.1) is 0 Å². The normalized spacial score (nSPS) is 18.2. The van der Waals surface area contributed by atoms with Crippen molar-refractivity contribution < 1.29 is 39.0 Å². The van der Waals surface area contributed by atoms with E-state index in [1.54, 1.807) is 0 Å². The second-order valence-corrected chi connectivity index (χ2v) is 9.92. The van der Waals surface area contributed by atoms with Crippen molar-refractivity contribution in [3.8, 4) is 0 Å². The topological polar surface area (TPSA) is 220 Å². The summed E-state index contributed by atoms with van der Waals surface area (Å²) in [6, 6.07) is -4.14. The average molecular weight is 543 g/mol. The lowest BCUT2D eigenvalue weighted by molar-refractivity contribution is -0.143. The first-order valence-electron chi connectivity index (χ1n) is 12.9. The predicted octanol–water partition coefficient (Wildman–Crippen LogP) is -2.32. The fourth-order valence-electron chi connectivity index (χ4n) is 3.99. The molecule has 1 aliphatic rings. The molecule has 1 saturated heterocycles. The summed E-state index contributed by atoms with van der Waals surface area (Å²) in [7, 11) is 0. The number of carbonyl (C=O) groups is 6. The summed E-state index contributed by atoms with van der Waals surface area (Å²) in [6.07, 6.45) is 1.70. The Kier molecular flexibility index (Phi) is 13.7. The van der Waals surface area contributed by atoms with E-state index in [1.165, 1.54) is 4.90 Å². The number of nitrogens with two attached hydrogens (primary N) is 1. The Morgan fingerprint density at radius 1 is 0.974 bits per heavy atom. The Labute approximate surface area is 222 Å². The maximum atomic E-state index is 13.1. The van der Waals surface area contributed by atoms with Crippen molar-refractivity contribution in [3.05, 3.63) is 0 Å². The minimum absolute atomic E-state index is 0.0244. The van der Waals surface area contributed by atoms with E-state index in [2.05, 4.69) is 21.3 Å². The van der Waals surface area contributed by atoms with Crippen molar-refractivity contribution in [1.82, 2.24) is 26.2 Å². The van der Waals surface area contributed by atoms with Gasteiger partial charge in [0.1, 0.15) is 24.7 Å². The number of hydrogen-bond acceptors (Lipinski definition) is 8. The molecule has 1 rings (SSSR count). The number of rotatable bonds is 15. The van der Waals surface area contributed by atoms with E-state index in [-0.39, 0.29) is 24.8 Å². The minimum Gasteiger partial charge on any atom is -0.480 e. The van der Waals surface area contributed by atoms with E-state index in [4.69, 9.17) is 10.8 Å². The molecule has 14 nitrogen and oxygen atoms in total. The lowest BCUT2D eigenvalue weighted by Gasteiger charge is -2.29. The number of nitrogens with zero attached hydrogens (tertiary/aromatic N) is 1. The standard InChI is InChI=1S/C24H42N6O8/c1-5-14(4)20(25)23(37)26-10-18(32)28-15(9-13(2)3)21(35)29-16(12-31)24(38)30-8-6-7-17(30)22(36)27-11-19(33)34/h13-17,20,31H,5-12,25H2,1-4H3,(H,26,37)(H,27,36)(H,28,32)(H,29,35)(H,33,34)/t14-,15-,16-,17-,20-/m0/s1. The highest BCUT2D eigenvalue weighted by molar-refractivity contribution is 5.95. The van der Waals surface area contributed by atoms with E-state index in [0.29, 0.717) is 19.3 Å². The summed E-state index contributed by atoms with van der Waals surface area (Å²) in [4.78, 5) is 75.0. The molecule has 0 saturated carbocycles. The van der Waals surface area contributed by atoms with E-state index >= 15 is 0 Å². The molecule has 8 N–H and O–H groups in total.